The summed E-state index contributed by atoms with van der Waals surface area (Å²) in [5, 5.41) is 2.23. The highest BCUT2D eigenvalue weighted by atomic mass is 32.1. The summed E-state index contributed by atoms with van der Waals surface area (Å²) in [6.45, 7) is 13.7. The minimum Gasteiger partial charge on any atom is -0.225 e. The number of aromatic nitrogens is 2. The highest BCUT2D eigenvalue weighted by molar-refractivity contribution is 7.13. The van der Waals surface area contributed by atoms with Crippen LogP contribution in [0.3, 0.4) is 0 Å². The number of benzene rings is 1. The molecule has 0 saturated heterocycles. The van der Waals surface area contributed by atoms with E-state index in [0.29, 0.717) is 0 Å². The first kappa shape index (κ1) is 14.0. The van der Waals surface area contributed by atoms with Gasteiger partial charge in [0.25, 0.3) is 0 Å². The molecule has 0 radical (unpaired) electrons. The zero-order valence-corrected chi connectivity index (χ0v) is 15.3. The van der Waals surface area contributed by atoms with Crippen molar-refractivity contribution in [1.82, 2.24) is 4.57 Å². The van der Waals surface area contributed by atoms with Gasteiger partial charge in [0.2, 0.25) is 0 Å². The maximum atomic E-state index is 2.57. The van der Waals surface area contributed by atoms with Crippen molar-refractivity contribution in [2.45, 2.75) is 47.1 Å². The Balaban J connectivity index is 2.32. The van der Waals surface area contributed by atoms with Gasteiger partial charge in [0.15, 0.2) is 11.0 Å². The van der Waals surface area contributed by atoms with Gasteiger partial charge in [0.05, 0.1) is 7.05 Å². The predicted molar refractivity (Wildman–Crippen MR) is 93.8 cm³/mol. The highest BCUT2D eigenvalue weighted by Crippen LogP contribution is 2.48. The fourth-order valence-electron chi connectivity index (χ4n) is 4.20. The first-order valence-electron chi connectivity index (χ1n) is 7.88. The van der Waals surface area contributed by atoms with Crippen molar-refractivity contribution in [3.05, 3.63) is 39.3 Å². The van der Waals surface area contributed by atoms with Crippen LogP contribution in [0.5, 0.6) is 0 Å². The molecule has 0 atom stereocenters. The third-order valence-electron chi connectivity index (χ3n) is 5.80. The number of imidazole rings is 1. The van der Waals surface area contributed by atoms with E-state index in [4.69, 9.17) is 0 Å². The monoisotopic (exact) mass is 311 g/mol. The second kappa shape index (κ2) is 4.02. The molecule has 1 aromatic carbocycles. The van der Waals surface area contributed by atoms with Crippen LogP contribution in [0.15, 0.2) is 11.4 Å². The molecular formula is C19H23N2S+. The molecule has 1 aliphatic heterocycles. The quantitative estimate of drug-likeness (QED) is 0.540. The van der Waals surface area contributed by atoms with Gasteiger partial charge < -0.3 is 0 Å². The summed E-state index contributed by atoms with van der Waals surface area (Å²) >= 11 is 1.86. The number of hydrogen-bond acceptors (Lipinski definition) is 1. The van der Waals surface area contributed by atoms with E-state index in [9.17, 15) is 0 Å². The molecule has 0 amide bonds. The van der Waals surface area contributed by atoms with Gasteiger partial charge in [-0.1, -0.05) is 0 Å². The summed E-state index contributed by atoms with van der Waals surface area (Å²) in [6.07, 6.45) is 0. The van der Waals surface area contributed by atoms with Gasteiger partial charge in [-0.15, -0.1) is 11.3 Å². The molecule has 0 spiro atoms. The second-order valence-corrected chi connectivity index (χ2v) is 8.05. The molecule has 0 fully saturated rings. The molecule has 4 rings (SSSR count). The third-order valence-corrected chi connectivity index (χ3v) is 6.71. The van der Waals surface area contributed by atoms with Gasteiger partial charge in [0.1, 0.15) is 10.4 Å². The summed E-state index contributed by atoms with van der Waals surface area (Å²) in [5.74, 6) is 1.36. The molecule has 0 bridgehead atoms. The lowest BCUT2D eigenvalue weighted by molar-refractivity contribution is -0.634. The van der Waals surface area contributed by atoms with E-state index < -0.39 is 0 Å². The van der Waals surface area contributed by atoms with Gasteiger partial charge in [-0.25, -0.2) is 9.13 Å². The molecule has 3 aromatic rings. The predicted octanol–water partition coefficient (Wildman–Crippen LogP) is 4.52. The molecule has 2 aromatic heterocycles. The van der Waals surface area contributed by atoms with E-state index in [0.717, 1.165) is 0 Å². The van der Waals surface area contributed by atoms with Crippen LogP contribution in [0.1, 0.15) is 41.7 Å². The van der Waals surface area contributed by atoms with Crippen LogP contribution in [0.25, 0.3) is 21.7 Å². The molecule has 114 valence electrons. The van der Waals surface area contributed by atoms with Crippen LogP contribution in [0, 0.1) is 27.7 Å². The van der Waals surface area contributed by atoms with Crippen LogP contribution in [-0.2, 0) is 12.6 Å². The fourth-order valence-corrected chi connectivity index (χ4v) is 5.32. The summed E-state index contributed by atoms with van der Waals surface area (Å²) < 4.78 is 4.98. The summed E-state index contributed by atoms with van der Waals surface area (Å²) in [7, 11) is 2.22. The van der Waals surface area contributed by atoms with E-state index >= 15 is 0 Å². The van der Waals surface area contributed by atoms with Crippen LogP contribution in [0.4, 0.5) is 0 Å². The number of nitrogens with zero attached hydrogens (tertiary/aromatic N) is 2. The van der Waals surface area contributed by atoms with Crippen molar-refractivity contribution in [1.29, 1.82) is 0 Å². The van der Waals surface area contributed by atoms with Gasteiger partial charge in [-0.3, -0.25) is 0 Å². The minimum atomic E-state index is 0.0169. The van der Waals surface area contributed by atoms with Gasteiger partial charge in [-0.2, -0.15) is 0 Å². The lowest BCUT2D eigenvalue weighted by atomic mass is 9.94. The van der Waals surface area contributed by atoms with E-state index in [2.05, 4.69) is 69.2 Å². The number of fused-ring (bicyclic) bond motifs is 5. The lowest BCUT2D eigenvalue weighted by Gasteiger charge is -2.19. The normalized spacial score (nSPS) is 15.4. The highest BCUT2D eigenvalue weighted by Gasteiger charge is 2.47. The number of rotatable bonds is 0. The SMILES string of the molecule is Cc1c(C)c(C)c2c(c1C)n1c([n+]2C)-c2sccc2C1(C)C. The Morgan fingerprint density at radius 3 is 2.32 bits per heavy atom. The molecule has 0 N–H and O–H groups in total. The Bertz CT molecular complexity index is 954. The van der Waals surface area contributed by atoms with Crippen LogP contribution >= 0.6 is 11.3 Å². The van der Waals surface area contributed by atoms with E-state index in [1.165, 1.54) is 49.6 Å². The second-order valence-electron chi connectivity index (χ2n) is 7.14. The van der Waals surface area contributed by atoms with Crippen molar-refractivity contribution < 1.29 is 4.57 Å². The molecule has 0 aliphatic carbocycles. The van der Waals surface area contributed by atoms with Crippen molar-refractivity contribution in [2.24, 2.45) is 7.05 Å². The molecule has 2 nitrogen and oxygen atoms in total. The van der Waals surface area contributed by atoms with Crippen LogP contribution < -0.4 is 4.57 Å². The van der Waals surface area contributed by atoms with E-state index in [1.807, 2.05) is 11.3 Å². The Labute approximate surface area is 136 Å². The van der Waals surface area contributed by atoms with E-state index in [-0.39, 0.29) is 5.54 Å². The molecule has 3 heterocycles. The molecule has 22 heavy (non-hydrogen) atoms. The third kappa shape index (κ3) is 1.34. The molecule has 0 unspecified atom stereocenters. The van der Waals surface area contributed by atoms with Crippen LogP contribution in [-0.4, -0.2) is 4.57 Å². The average molecular weight is 311 g/mol. The average Bonchev–Trinajstić information content (AvgIpc) is 3.09. The molecule has 0 saturated carbocycles. The number of thiophene rings is 1. The summed E-state index contributed by atoms with van der Waals surface area (Å²) in [4.78, 5) is 1.43. The molecule has 3 heteroatoms. The molecular weight excluding hydrogens is 288 g/mol. The van der Waals surface area contributed by atoms with E-state index in [1.54, 1.807) is 0 Å². The Morgan fingerprint density at radius 1 is 1.00 bits per heavy atom. The fraction of sp³-hybridized carbons (Fsp3) is 0.421. The van der Waals surface area contributed by atoms with Gasteiger partial charge >= 0.3 is 5.82 Å². The topological polar surface area (TPSA) is 8.81 Å². The number of aryl methyl sites for hydroxylation is 3. The molecule has 1 aliphatic rings. The smallest absolute Gasteiger partial charge is 0.225 e. The Hall–Kier alpha value is -1.61. The zero-order valence-electron chi connectivity index (χ0n) is 14.5. The largest absolute Gasteiger partial charge is 0.301 e. The Morgan fingerprint density at radius 2 is 1.64 bits per heavy atom. The Kier molecular flexibility index (Phi) is 2.56. The van der Waals surface area contributed by atoms with Gasteiger partial charge in [0, 0.05) is 16.7 Å². The van der Waals surface area contributed by atoms with Crippen LogP contribution in [0.2, 0.25) is 0 Å². The number of hydrogen-bond donors (Lipinski definition) is 0. The summed E-state index contributed by atoms with van der Waals surface area (Å²) in [6, 6.07) is 2.29. The van der Waals surface area contributed by atoms with Crippen molar-refractivity contribution in [3.8, 4) is 10.7 Å². The van der Waals surface area contributed by atoms with Gasteiger partial charge in [-0.05, 0) is 64.1 Å². The zero-order chi connectivity index (χ0) is 16.0. The maximum absolute atomic E-state index is 2.57. The van der Waals surface area contributed by atoms with Crippen molar-refractivity contribution in [2.75, 3.05) is 0 Å². The minimum absolute atomic E-state index is 0.0169. The first-order valence-corrected chi connectivity index (χ1v) is 8.76. The standard InChI is InChI=1S/C19H23N2S/c1-10-11(2)13(4)16-15(12(10)3)20(7)18-17-14(8-9-22-17)19(5,6)21(16)18/h8-9H,1-7H3/q+1. The van der Waals surface area contributed by atoms with Crippen molar-refractivity contribution in [3.63, 3.8) is 0 Å². The van der Waals surface area contributed by atoms with Crippen molar-refractivity contribution >= 4 is 22.4 Å². The summed E-state index contributed by atoms with van der Waals surface area (Å²) in [5.41, 5.74) is 9.96. The maximum Gasteiger partial charge on any atom is 0.301 e. The lowest BCUT2D eigenvalue weighted by Crippen LogP contribution is -2.30. The first-order chi connectivity index (χ1) is 10.3.